The van der Waals surface area contributed by atoms with E-state index in [-0.39, 0.29) is 17.7 Å². The Morgan fingerprint density at radius 3 is 2.92 bits per heavy atom. The van der Waals surface area contributed by atoms with Crippen LogP contribution in [-0.4, -0.2) is 44.9 Å². The summed E-state index contributed by atoms with van der Waals surface area (Å²) in [4.78, 5) is 33.1. The first-order valence-electron chi connectivity index (χ1n) is 8.06. The van der Waals surface area contributed by atoms with E-state index < -0.39 is 0 Å². The predicted octanol–water partition coefficient (Wildman–Crippen LogP) is 3.99. The number of H-pyrrole nitrogens is 1. The van der Waals surface area contributed by atoms with Crippen LogP contribution >= 0.6 is 23.4 Å². The van der Waals surface area contributed by atoms with Crippen LogP contribution < -0.4 is 5.32 Å². The molecule has 3 aromatic rings. The van der Waals surface area contributed by atoms with Gasteiger partial charge in [-0.3, -0.25) is 9.59 Å². The molecule has 1 fully saturated rings. The molecule has 26 heavy (non-hydrogen) atoms. The Kier molecular flexibility index (Phi) is 4.57. The molecule has 0 radical (unpaired) electrons. The molecule has 2 N–H and O–H groups in total. The van der Waals surface area contributed by atoms with Gasteiger partial charge in [-0.2, -0.15) is 0 Å². The molecule has 0 spiro atoms. The molecular weight excluding hydrogens is 372 g/mol. The number of aromatic amines is 1. The van der Waals surface area contributed by atoms with E-state index in [1.54, 1.807) is 11.0 Å². The maximum atomic E-state index is 12.2. The fourth-order valence-electron chi connectivity index (χ4n) is 2.81. The molecule has 0 bridgehead atoms. The number of carbonyl (C=O) groups excluding carboxylic acids is 2. The van der Waals surface area contributed by atoms with Gasteiger partial charge in [-0.25, -0.2) is 4.98 Å². The van der Waals surface area contributed by atoms with Crippen LogP contribution in [0.4, 0.5) is 10.5 Å². The summed E-state index contributed by atoms with van der Waals surface area (Å²) in [6.45, 7) is 0.676. The molecule has 1 aliphatic rings. The number of hydrogen-bond donors (Lipinski definition) is 2. The van der Waals surface area contributed by atoms with Crippen LogP contribution in [-0.2, 0) is 4.79 Å². The Bertz CT molecular complexity index is 1000. The Balaban J connectivity index is 1.53. The molecule has 6 nitrogen and oxygen atoms in total. The molecule has 0 aliphatic carbocycles. The first-order valence-corrected chi connectivity index (χ1v) is 9.43. The smallest absolute Gasteiger partial charge is 0.282 e. The van der Waals surface area contributed by atoms with E-state index >= 15 is 0 Å². The highest BCUT2D eigenvalue weighted by Crippen LogP contribution is 2.28. The number of thioether (sulfide) groups is 1. The second kappa shape index (κ2) is 7.01. The molecule has 2 amide bonds. The molecule has 1 saturated heterocycles. The number of imidazole rings is 1. The van der Waals surface area contributed by atoms with E-state index in [9.17, 15) is 9.59 Å². The Morgan fingerprint density at radius 1 is 1.31 bits per heavy atom. The number of carbonyl (C=O) groups is 2. The first-order chi connectivity index (χ1) is 12.6. The van der Waals surface area contributed by atoms with Gasteiger partial charge in [0.2, 0.25) is 5.91 Å². The summed E-state index contributed by atoms with van der Waals surface area (Å²) in [6.07, 6.45) is 0. The minimum Gasteiger partial charge on any atom is -0.338 e. The summed E-state index contributed by atoms with van der Waals surface area (Å²) < 4.78 is 0. The van der Waals surface area contributed by atoms with E-state index in [2.05, 4.69) is 15.3 Å². The minimum atomic E-state index is -0.217. The number of rotatable bonds is 4. The lowest BCUT2D eigenvalue weighted by Gasteiger charge is -2.13. The van der Waals surface area contributed by atoms with Crippen molar-refractivity contribution in [3.8, 4) is 11.4 Å². The van der Waals surface area contributed by atoms with Crippen molar-refractivity contribution in [2.75, 3.05) is 24.2 Å². The second-order valence-electron chi connectivity index (χ2n) is 5.88. The van der Waals surface area contributed by atoms with E-state index in [1.807, 2.05) is 36.4 Å². The van der Waals surface area contributed by atoms with Crippen LogP contribution in [0.15, 0.2) is 42.5 Å². The Labute approximate surface area is 158 Å². The van der Waals surface area contributed by atoms with Crippen molar-refractivity contribution < 1.29 is 9.59 Å². The van der Waals surface area contributed by atoms with Crippen LogP contribution in [0.25, 0.3) is 22.4 Å². The van der Waals surface area contributed by atoms with Gasteiger partial charge in [-0.15, -0.1) is 0 Å². The zero-order valence-corrected chi connectivity index (χ0v) is 15.2. The van der Waals surface area contributed by atoms with E-state index in [4.69, 9.17) is 11.6 Å². The summed E-state index contributed by atoms with van der Waals surface area (Å²) in [5.74, 6) is 1.19. The van der Waals surface area contributed by atoms with Gasteiger partial charge in [0, 0.05) is 23.5 Å². The highest BCUT2D eigenvalue weighted by Gasteiger charge is 2.23. The summed E-state index contributed by atoms with van der Waals surface area (Å²) in [6, 6.07) is 12.9. The van der Waals surface area contributed by atoms with Crippen molar-refractivity contribution in [2.24, 2.45) is 0 Å². The number of hydrogen-bond acceptors (Lipinski definition) is 4. The summed E-state index contributed by atoms with van der Waals surface area (Å²) in [7, 11) is 0. The third-order valence-corrected chi connectivity index (χ3v) is 5.30. The molecule has 1 aromatic heterocycles. The number of nitrogens with zero attached hydrogens (tertiary/aromatic N) is 2. The van der Waals surface area contributed by atoms with E-state index in [1.165, 1.54) is 11.8 Å². The Hall–Kier alpha value is -2.51. The second-order valence-corrected chi connectivity index (χ2v) is 7.33. The molecule has 8 heteroatoms. The van der Waals surface area contributed by atoms with Crippen LogP contribution in [0.2, 0.25) is 5.02 Å². The van der Waals surface area contributed by atoms with Gasteiger partial charge in [0.15, 0.2) is 0 Å². The van der Waals surface area contributed by atoms with Gasteiger partial charge in [-0.1, -0.05) is 35.5 Å². The van der Waals surface area contributed by atoms with Gasteiger partial charge in [0.05, 0.1) is 16.1 Å². The average Bonchev–Trinajstić information content (AvgIpc) is 3.21. The predicted molar refractivity (Wildman–Crippen MR) is 105 cm³/mol. The fraction of sp³-hybridized carbons (Fsp3) is 0.167. The SMILES string of the molecule is O=C(CN1CCSC1=O)Nc1ccc2nc(-c3ccccc3Cl)[nH]c2c1. The fourth-order valence-corrected chi connectivity index (χ4v) is 3.86. The van der Waals surface area contributed by atoms with E-state index in [0.29, 0.717) is 23.1 Å². The third kappa shape index (κ3) is 3.40. The summed E-state index contributed by atoms with van der Waals surface area (Å²) in [5, 5.41) is 3.40. The van der Waals surface area contributed by atoms with Gasteiger partial charge in [0.25, 0.3) is 5.24 Å². The summed E-state index contributed by atoms with van der Waals surface area (Å²) >= 11 is 7.47. The van der Waals surface area contributed by atoms with Crippen molar-refractivity contribution in [1.82, 2.24) is 14.9 Å². The van der Waals surface area contributed by atoms with Gasteiger partial charge >= 0.3 is 0 Å². The lowest BCUT2D eigenvalue weighted by atomic mass is 10.2. The summed E-state index contributed by atoms with van der Waals surface area (Å²) in [5.41, 5.74) is 3.05. The molecule has 0 atom stereocenters. The normalized spacial score (nSPS) is 14.2. The largest absolute Gasteiger partial charge is 0.338 e. The number of anilines is 1. The number of nitrogens with one attached hydrogen (secondary N) is 2. The number of fused-ring (bicyclic) bond motifs is 1. The molecule has 2 aromatic carbocycles. The molecule has 1 aliphatic heterocycles. The van der Waals surface area contributed by atoms with Crippen LogP contribution in [0.1, 0.15) is 0 Å². The minimum absolute atomic E-state index is 0.0476. The Morgan fingerprint density at radius 2 is 2.15 bits per heavy atom. The molecule has 0 saturated carbocycles. The lowest BCUT2D eigenvalue weighted by Crippen LogP contribution is -2.33. The maximum absolute atomic E-state index is 12.2. The van der Waals surface area contributed by atoms with Crippen LogP contribution in [0, 0.1) is 0 Å². The quantitative estimate of drug-likeness (QED) is 0.710. The standard InChI is InChI=1S/C18H15ClN4O2S/c19-13-4-2-1-3-12(13)17-21-14-6-5-11(9-15(14)22-17)20-16(24)10-23-7-8-26-18(23)25/h1-6,9H,7-8,10H2,(H,20,24)(H,21,22). The molecule has 4 rings (SSSR count). The van der Waals surface area contributed by atoms with Crippen molar-refractivity contribution in [3.05, 3.63) is 47.5 Å². The maximum Gasteiger partial charge on any atom is 0.282 e. The lowest BCUT2D eigenvalue weighted by molar-refractivity contribution is -0.116. The molecular formula is C18H15ClN4O2S. The number of amides is 2. The highest BCUT2D eigenvalue weighted by molar-refractivity contribution is 8.13. The van der Waals surface area contributed by atoms with Crippen molar-refractivity contribution in [1.29, 1.82) is 0 Å². The van der Waals surface area contributed by atoms with Crippen molar-refractivity contribution in [3.63, 3.8) is 0 Å². The molecule has 132 valence electrons. The number of halogens is 1. The topological polar surface area (TPSA) is 78.1 Å². The molecule has 0 unspecified atom stereocenters. The van der Waals surface area contributed by atoms with E-state index in [0.717, 1.165) is 22.3 Å². The first kappa shape index (κ1) is 16.9. The van der Waals surface area contributed by atoms with Gasteiger partial charge in [-0.05, 0) is 30.3 Å². The van der Waals surface area contributed by atoms with Crippen molar-refractivity contribution >= 4 is 51.2 Å². The molecule has 2 heterocycles. The van der Waals surface area contributed by atoms with Crippen molar-refractivity contribution in [2.45, 2.75) is 0 Å². The third-order valence-electron chi connectivity index (χ3n) is 4.07. The number of aromatic nitrogens is 2. The van der Waals surface area contributed by atoms with Gasteiger partial charge in [0.1, 0.15) is 12.4 Å². The zero-order valence-electron chi connectivity index (χ0n) is 13.7. The van der Waals surface area contributed by atoms with Crippen LogP contribution in [0.5, 0.6) is 0 Å². The van der Waals surface area contributed by atoms with Gasteiger partial charge < -0.3 is 15.2 Å². The monoisotopic (exact) mass is 386 g/mol. The van der Waals surface area contributed by atoms with Crippen LogP contribution in [0.3, 0.4) is 0 Å². The average molecular weight is 387 g/mol. The number of benzene rings is 2. The zero-order chi connectivity index (χ0) is 18.1. The highest BCUT2D eigenvalue weighted by atomic mass is 35.5.